The minimum Gasteiger partial charge on any atom is -0.379 e. The highest BCUT2D eigenvalue weighted by Gasteiger charge is 2.28. The van der Waals surface area contributed by atoms with E-state index < -0.39 is 0 Å². The molecule has 0 aliphatic carbocycles. The molecule has 5 nitrogen and oxygen atoms in total. The number of amides is 1. The first-order chi connectivity index (χ1) is 13.2. The highest BCUT2D eigenvalue weighted by Crippen LogP contribution is 2.19. The molecule has 1 aromatic carbocycles. The lowest BCUT2D eigenvalue weighted by Gasteiger charge is -2.40. The van der Waals surface area contributed by atoms with Gasteiger partial charge in [-0.2, -0.15) is 0 Å². The lowest BCUT2D eigenvalue weighted by molar-refractivity contribution is -0.134. The van der Waals surface area contributed by atoms with Crippen molar-refractivity contribution in [3.8, 4) is 0 Å². The standard InChI is InChI=1S/C21H32FN3O2/c1-2-24(15-18-6-5-7-19(22)14-18)21(26)17-25-9-4-3-8-20(25)16-23-10-12-27-13-11-23/h5-7,14,20H,2-4,8-13,15-17H2,1H3. The minimum absolute atomic E-state index is 0.135. The van der Waals surface area contributed by atoms with Crippen molar-refractivity contribution < 1.29 is 13.9 Å². The summed E-state index contributed by atoms with van der Waals surface area (Å²) in [4.78, 5) is 19.6. The molecule has 1 amide bonds. The highest BCUT2D eigenvalue weighted by atomic mass is 19.1. The third-order valence-corrected chi connectivity index (χ3v) is 5.66. The van der Waals surface area contributed by atoms with Crippen LogP contribution in [0.3, 0.4) is 0 Å². The Hall–Kier alpha value is -1.50. The number of carbonyl (C=O) groups excluding carboxylic acids is 1. The van der Waals surface area contributed by atoms with Crippen LogP contribution in [0.25, 0.3) is 0 Å². The van der Waals surface area contributed by atoms with Crippen LogP contribution in [0, 0.1) is 5.82 Å². The van der Waals surface area contributed by atoms with Crippen molar-refractivity contribution in [1.82, 2.24) is 14.7 Å². The minimum atomic E-state index is -0.252. The Labute approximate surface area is 162 Å². The van der Waals surface area contributed by atoms with Gasteiger partial charge in [0.1, 0.15) is 5.82 Å². The van der Waals surface area contributed by atoms with Crippen LogP contribution in [0.15, 0.2) is 24.3 Å². The van der Waals surface area contributed by atoms with E-state index in [0.717, 1.165) is 57.8 Å². The van der Waals surface area contributed by atoms with Crippen molar-refractivity contribution in [3.63, 3.8) is 0 Å². The Bertz CT molecular complexity index is 607. The number of carbonyl (C=O) groups is 1. The largest absolute Gasteiger partial charge is 0.379 e. The van der Waals surface area contributed by atoms with E-state index in [1.807, 2.05) is 17.9 Å². The van der Waals surface area contributed by atoms with Gasteiger partial charge in [-0.3, -0.25) is 14.6 Å². The third kappa shape index (κ3) is 5.99. The van der Waals surface area contributed by atoms with Gasteiger partial charge in [-0.25, -0.2) is 4.39 Å². The van der Waals surface area contributed by atoms with Crippen molar-refractivity contribution in [1.29, 1.82) is 0 Å². The first kappa shape index (κ1) is 20.2. The van der Waals surface area contributed by atoms with Gasteiger partial charge in [0.05, 0.1) is 19.8 Å². The van der Waals surface area contributed by atoms with E-state index in [0.29, 0.717) is 25.7 Å². The molecule has 6 heteroatoms. The predicted molar refractivity (Wildman–Crippen MR) is 104 cm³/mol. The fourth-order valence-electron chi connectivity index (χ4n) is 4.06. The van der Waals surface area contributed by atoms with Crippen molar-refractivity contribution in [3.05, 3.63) is 35.6 Å². The summed E-state index contributed by atoms with van der Waals surface area (Å²) in [6, 6.07) is 6.96. The van der Waals surface area contributed by atoms with Crippen LogP contribution in [-0.4, -0.2) is 79.1 Å². The number of hydrogen-bond acceptors (Lipinski definition) is 4. The van der Waals surface area contributed by atoms with E-state index in [-0.39, 0.29) is 11.7 Å². The van der Waals surface area contributed by atoms with Crippen molar-refractivity contribution >= 4 is 5.91 Å². The molecule has 0 radical (unpaired) electrons. The van der Waals surface area contributed by atoms with Gasteiger partial charge >= 0.3 is 0 Å². The Morgan fingerprint density at radius 2 is 2.07 bits per heavy atom. The number of halogens is 1. The lowest BCUT2D eigenvalue weighted by atomic mass is 10.0. The lowest BCUT2D eigenvalue weighted by Crippen LogP contribution is -2.52. The number of piperidine rings is 1. The third-order valence-electron chi connectivity index (χ3n) is 5.66. The Balaban J connectivity index is 1.57. The zero-order valence-corrected chi connectivity index (χ0v) is 16.4. The quantitative estimate of drug-likeness (QED) is 0.731. The first-order valence-corrected chi connectivity index (χ1v) is 10.2. The van der Waals surface area contributed by atoms with E-state index in [2.05, 4.69) is 9.80 Å². The molecule has 1 atom stereocenters. The number of likely N-dealkylation sites (tertiary alicyclic amines) is 1. The van der Waals surface area contributed by atoms with Crippen LogP contribution < -0.4 is 0 Å². The predicted octanol–water partition coefficient (Wildman–Crippen LogP) is 2.36. The molecule has 1 aromatic rings. The summed E-state index contributed by atoms with van der Waals surface area (Å²) >= 11 is 0. The maximum atomic E-state index is 13.4. The molecule has 3 rings (SSSR count). The normalized spacial score (nSPS) is 21.9. The van der Waals surface area contributed by atoms with Gasteiger partial charge in [0, 0.05) is 38.8 Å². The van der Waals surface area contributed by atoms with Gasteiger partial charge in [-0.15, -0.1) is 0 Å². The molecule has 0 bridgehead atoms. The molecular weight excluding hydrogens is 345 g/mol. The van der Waals surface area contributed by atoms with Crippen LogP contribution in [0.1, 0.15) is 31.7 Å². The Kier molecular flexibility index (Phi) is 7.61. The van der Waals surface area contributed by atoms with Crippen molar-refractivity contribution in [2.75, 3.05) is 52.5 Å². The van der Waals surface area contributed by atoms with Crippen molar-refractivity contribution in [2.24, 2.45) is 0 Å². The topological polar surface area (TPSA) is 36.0 Å². The second-order valence-electron chi connectivity index (χ2n) is 7.57. The maximum Gasteiger partial charge on any atom is 0.237 e. The smallest absolute Gasteiger partial charge is 0.237 e. The molecule has 150 valence electrons. The number of likely N-dealkylation sites (N-methyl/N-ethyl adjacent to an activating group) is 1. The number of nitrogens with zero attached hydrogens (tertiary/aromatic N) is 3. The molecule has 27 heavy (non-hydrogen) atoms. The van der Waals surface area contributed by atoms with Crippen LogP contribution in [0.5, 0.6) is 0 Å². The zero-order chi connectivity index (χ0) is 19.1. The average molecular weight is 378 g/mol. The van der Waals surface area contributed by atoms with E-state index in [1.54, 1.807) is 6.07 Å². The molecular formula is C21H32FN3O2. The Morgan fingerprint density at radius 1 is 1.26 bits per heavy atom. The Morgan fingerprint density at radius 3 is 2.81 bits per heavy atom. The van der Waals surface area contributed by atoms with Gasteiger partial charge in [0.25, 0.3) is 0 Å². The monoisotopic (exact) mass is 377 g/mol. The first-order valence-electron chi connectivity index (χ1n) is 10.2. The molecule has 0 spiro atoms. The average Bonchev–Trinajstić information content (AvgIpc) is 2.68. The number of morpholine rings is 1. The second-order valence-corrected chi connectivity index (χ2v) is 7.57. The molecule has 1 unspecified atom stereocenters. The zero-order valence-electron chi connectivity index (χ0n) is 16.4. The summed E-state index contributed by atoms with van der Waals surface area (Å²) in [6.45, 7) is 9.14. The molecule has 0 saturated carbocycles. The second kappa shape index (κ2) is 10.2. The summed E-state index contributed by atoms with van der Waals surface area (Å²) in [5.41, 5.74) is 0.841. The molecule has 2 saturated heterocycles. The molecule has 2 heterocycles. The summed E-state index contributed by atoms with van der Waals surface area (Å²) in [6.07, 6.45) is 3.55. The van der Waals surface area contributed by atoms with Crippen molar-refractivity contribution in [2.45, 2.75) is 38.8 Å². The van der Waals surface area contributed by atoms with Gasteiger partial charge in [0.15, 0.2) is 0 Å². The molecule has 2 aliphatic heterocycles. The number of rotatable bonds is 7. The molecule has 0 aromatic heterocycles. The van der Waals surface area contributed by atoms with Crippen LogP contribution in [0.2, 0.25) is 0 Å². The molecule has 0 N–H and O–H groups in total. The van der Waals surface area contributed by atoms with Gasteiger partial charge in [-0.1, -0.05) is 18.6 Å². The summed E-state index contributed by atoms with van der Waals surface area (Å²) < 4.78 is 18.9. The SMILES string of the molecule is CCN(Cc1cccc(F)c1)C(=O)CN1CCCCC1CN1CCOCC1. The molecule has 2 fully saturated rings. The van der Waals surface area contributed by atoms with Gasteiger partial charge in [-0.05, 0) is 44.0 Å². The summed E-state index contributed by atoms with van der Waals surface area (Å²) in [5.74, 6) is -0.117. The van der Waals surface area contributed by atoms with E-state index in [1.165, 1.54) is 18.6 Å². The van der Waals surface area contributed by atoms with Crippen LogP contribution >= 0.6 is 0 Å². The van der Waals surface area contributed by atoms with E-state index in [4.69, 9.17) is 4.74 Å². The fraction of sp³-hybridized carbons (Fsp3) is 0.667. The van der Waals surface area contributed by atoms with Crippen LogP contribution in [0.4, 0.5) is 4.39 Å². The van der Waals surface area contributed by atoms with Crippen LogP contribution in [-0.2, 0) is 16.1 Å². The maximum absolute atomic E-state index is 13.4. The number of ether oxygens (including phenoxy) is 1. The summed E-state index contributed by atoms with van der Waals surface area (Å²) in [5, 5.41) is 0. The highest BCUT2D eigenvalue weighted by molar-refractivity contribution is 5.78. The molecule has 2 aliphatic rings. The summed E-state index contributed by atoms with van der Waals surface area (Å²) in [7, 11) is 0. The van der Waals surface area contributed by atoms with E-state index >= 15 is 0 Å². The number of hydrogen-bond donors (Lipinski definition) is 0. The number of benzene rings is 1. The fourth-order valence-corrected chi connectivity index (χ4v) is 4.06. The van der Waals surface area contributed by atoms with Gasteiger partial charge < -0.3 is 9.64 Å². The van der Waals surface area contributed by atoms with E-state index in [9.17, 15) is 9.18 Å². The van der Waals surface area contributed by atoms with Gasteiger partial charge in [0.2, 0.25) is 5.91 Å².